The molecule has 0 aliphatic heterocycles. The first-order chi connectivity index (χ1) is 13.5. The number of carbonyl (C=O) groups is 3. The molecule has 2 amide bonds. The first-order valence-corrected chi connectivity index (χ1v) is 10.1. The highest BCUT2D eigenvalue weighted by molar-refractivity contribution is 7.98. The molecule has 0 radical (unpaired) electrons. The van der Waals surface area contributed by atoms with Gasteiger partial charge in [0, 0.05) is 5.56 Å². The number of hydrogen-bond acceptors (Lipinski definition) is 4. The molecule has 2 rings (SSSR count). The van der Waals surface area contributed by atoms with E-state index in [2.05, 4.69) is 10.6 Å². The van der Waals surface area contributed by atoms with Gasteiger partial charge in [-0.1, -0.05) is 48.5 Å². The number of carboxylic acid groups (broad SMARTS) is 1. The fourth-order valence-electron chi connectivity index (χ4n) is 2.39. The minimum atomic E-state index is -1.11. The number of carboxylic acids is 1. The van der Waals surface area contributed by atoms with Crippen LogP contribution in [0.2, 0.25) is 0 Å². The van der Waals surface area contributed by atoms with Gasteiger partial charge >= 0.3 is 5.97 Å². The van der Waals surface area contributed by atoms with Crippen LogP contribution in [0.15, 0.2) is 66.4 Å². The fourth-order valence-corrected chi connectivity index (χ4v) is 2.86. The molecule has 28 heavy (non-hydrogen) atoms. The average molecular weight is 398 g/mol. The number of nitrogens with one attached hydrogen (secondary N) is 2. The molecule has 146 valence electrons. The van der Waals surface area contributed by atoms with Gasteiger partial charge in [-0.25, -0.2) is 4.79 Å². The molecular formula is C21H22N2O4S. The maximum atomic E-state index is 12.7. The zero-order chi connectivity index (χ0) is 20.4. The van der Waals surface area contributed by atoms with Crippen LogP contribution in [0.1, 0.15) is 22.3 Å². The molecule has 2 aromatic rings. The molecule has 1 atom stereocenters. The number of thioether (sulfide) groups is 1. The van der Waals surface area contributed by atoms with Crippen LogP contribution in [-0.4, -0.2) is 40.9 Å². The number of benzene rings is 2. The van der Waals surface area contributed by atoms with Crippen LogP contribution in [0.5, 0.6) is 0 Å². The Morgan fingerprint density at radius 2 is 1.64 bits per heavy atom. The summed E-state index contributed by atoms with van der Waals surface area (Å²) in [7, 11) is 0. The SMILES string of the molecule is CSCCC(NC(=O)/C(=C/c1ccccc1)NC(=O)c1ccccc1)C(=O)O. The van der Waals surface area contributed by atoms with E-state index in [0.29, 0.717) is 16.9 Å². The first kappa shape index (κ1) is 21.2. The summed E-state index contributed by atoms with van der Waals surface area (Å²) in [5.74, 6) is -1.63. The summed E-state index contributed by atoms with van der Waals surface area (Å²) in [4.78, 5) is 36.7. The maximum absolute atomic E-state index is 12.7. The third-order valence-electron chi connectivity index (χ3n) is 3.85. The predicted molar refractivity (Wildman–Crippen MR) is 111 cm³/mol. The molecular weight excluding hydrogens is 376 g/mol. The molecule has 0 aromatic heterocycles. The Hall–Kier alpha value is -3.06. The molecule has 1 unspecified atom stereocenters. The molecule has 7 heteroatoms. The van der Waals surface area contributed by atoms with Gasteiger partial charge in [0.1, 0.15) is 11.7 Å². The van der Waals surface area contributed by atoms with E-state index < -0.39 is 23.8 Å². The van der Waals surface area contributed by atoms with Crippen LogP contribution in [0.25, 0.3) is 6.08 Å². The van der Waals surface area contributed by atoms with Gasteiger partial charge in [-0.15, -0.1) is 0 Å². The summed E-state index contributed by atoms with van der Waals surface area (Å²) in [5, 5.41) is 14.4. The Balaban J connectivity index is 2.24. The van der Waals surface area contributed by atoms with E-state index in [1.807, 2.05) is 12.3 Å². The molecule has 2 aromatic carbocycles. The Morgan fingerprint density at radius 3 is 2.21 bits per heavy atom. The molecule has 6 nitrogen and oxygen atoms in total. The molecule has 3 N–H and O–H groups in total. The first-order valence-electron chi connectivity index (χ1n) is 8.67. The number of carbonyl (C=O) groups excluding carboxylic acids is 2. The second-order valence-electron chi connectivity index (χ2n) is 5.93. The van der Waals surface area contributed by atoms with Crippen molar-refractivity contribution in [2.24, 2.45) is 0 Å². The summed E-state index contributed by atoms with van der Waals surface area (Å²) >= 11 is 1.49. The van der Waals surface area contributed by atoms with Crippen LogP contribution in [0.4, 0.5) is 0 Å². The van der Waals surface area contributed by atoms with E-state index in [1.54, 1.807) is 54.6 Å². The van der Waals surface area contributed by atoms with Crippen LogP contribution >= 0.6 is 11.8 Å². The molecule has 0 bridgehead atoms. The largest absolute Gasteiger partial charge is 0.480 e. The zero-order valence-electron chi connectivity index (χ0n) is 15.4. The number of aliphatic carboxylic acids is 1. The molecule has 0 saturated heterocycles. The number of amides is 2. The number of hydrogen-bond donors (Lipinski definition) is 3. The third-order valence-corrected chi connectivity index (χ3v) is 4.50. The van der Waals surface area contributed by atoms with Crippen molar-refractivity contribution >= 4 is 35.6 Å². The standard InChI is InChI=1S/C21H22N2O4S/c1-28-13-12-17(21(26)27)22-20(25)18(14-15-8-4-2-5-9-15)23-19(24)16-10-6-3-7-11-16/h2-11,14,17H,12-13H2,1H3,(H,22,25)(H,23,24)(H,26,27)/b18-14-. The minimum Gasteiger partial charge on any atom is -0.480 e. The van der Waals surface area contributed by atoms with E-state index in [1.165, 1.54) is 17.8 Å². The Kier molecular flexibility index (Phi) is 8.30. The third kappa shape index (κ3) is 6.59. The second kappa shape index (κ2) is 10.9. The Bertz CT molecular complexity index is 838. The summed E-state index contributed by atoms with van der Waals surface area (Å²) in [5.41, 5.74) is 1.08. The normalized spacial score (nSPS) is 12.1. The van der Waals surface area contributed by atoms with E-state index in [4.69, 9.17) is 0 Å². The molecule has 0 heterocycles. The van der Waals surface area contributed by atoms with Crippen molar-refractivity contribution in [3.8, 4) is 0 Å². The maximum Gasteiger partial charge on any atom is 0.326 e. The fraction of sp³-hybridized carbons (Fsp3) is 0.190. The van der Waals surface area contributed by atoms with E-state index in [0.717, 1.165) is 0 Å². The van der Waals surface area contributed by atoms with Crippen molar-refractivity contribution in [3.05, 3.63) is 77.5 Å². The van der Waals surface area contributed by atoms with Crippen LogP contribution in [-0.2, 0) is 9.59 Å². The van der Waals surface area contributed by atoms with E-state index >= 15 is 0 Å². The zero-order valence-corrected chi connectivity index (χ0v) is 16.2. The summed E-state index contributed by atoms with van der Waals surface area (Å²) in [6, 6.07) is 16.5. The van der Waals surface area contributed by atoms with Crippen molar-refractivity contribution in [3.63, 3.8) is 0 Å². The van der Waals surface area contributed by atoms with Gasteiger partial charge in [-0.3, -0.25) is 9.59 Å². The average Bonchev–Trinajstić information content (AvgIpc) is 2.71. The van der Waals surface area contributed by atoms with E-state index in [9.17, 15) is 19.5 Å². The van der Waals surface area contributed by atoms with Crippen molar-refractivity contribution < 1.29 is 19.5 Å². The van der Waals surface area contributed by atoms with Crippen LogP contribution < -0.4 is 10.6 Å². The van der Waals surface area contributed by atoms with Gasteiger partial charge in [0.05, 0.1) is 0 Å². The lowest BCUT2D eigenvalue weighted by molar-refractivity contribution is -0.141. The highest BCUT2D eigenvalue weighted by Crippen LogP contribution is 2.08. The topological polar surface area (TPSA) is 95.5 Å². The molecule has 0 aliphatic rings. The van der Waals surface area contributed by atoms with Gasteiger partial charge < -0.3 is 15.7 Å². The van der Waals surface area contributed by atoms with Crippen LogP contribution in [0.3, 0.4) is 0 Å². The lowest BCUT2D eigenvalue weighted by Gasteiger charge is -2.16. The van der Waals surface area contributed by atoms with Crippen molar-refractivity contribution in [1.29, 1.82) is 0 Å². The summed E-state index contributed by atoms with van der Waals surface area (Å²) in [6.45, 7) is 0. The smallest absolute Gasteiger partial charge is 0.326 e. The van der Waals surface area contributed by atoms with E-state index in [-0.39, 0.29) is 12.1 Å². The van der Waals surface area contributed by atoms with Crippen molar-refractivity contribution in [1.82, 2.24) is 10.6 Å². The lowest BCUT2D eigenvalue weighted by Crippen LogP contribution is -2.44. The quantitative estimate of drug-likeness (QED) is 0.565. The predicted octanol–water partition coefficient (Wildman–Crippen LogP) is 2.78. The van der Waals surface area contributed by atoms with Gasteiger partial charge in [0.25, 0.3) is 11.8 Å². The number of rotatable bonds is 9. The molecule has 0 saturated carbocycles. The van der Waals surface area contributed by atoms with Crippen LogP contribution in [0, 0.1) is 0 Å². The van der Waals surface area contributed by atoms with Crippen molar-refractivity contribution in [2.75, 3.05) is 12.0 Å². The highest BCUT2D eigenvalue weighted by Gasteiger charge is 2.22. The Labute approximate surface area is 168 Å². The summed E-state index contributed by atoms with van der Waals surface area (Å²) < 4.78 is 0. The van der Waals surface area contributed by atoms with Gasteiger partial charge in [0.15, 0.2) is 0 Å². The highest BCUT2D eigenvalue weighted by atomic mass is 32.2. The molecule has 0 aliphatic carbocycles. The molecule has 0 fully saturated rings. The minimum absolute atomic E-state index is 0.0181. The monoisotopic (exact) mass is 398 g/mol. The van der Waals surface area contributed by atoms with Crippen molar-refractivity contribution in [2.45, 2.75) is 12.5 Å². The van der Waals surface area contributed by atoms with Gasteiger partial charge in [0.2, 0.25) is 0 Å². The lowest BCUT2D eigenvalue weighted by atomic mass is 10.1. The Morgan fingerprint density at radius 1 is 1.04 bits per heavy atom. The molecule has 0 spiro atoms. The van der Waals surface area contributed by atoms with Gasteiger partial charge in [-0.2, -0.15) is 11.8 Å². The summed E-state index contributed by atoms with van der Waals surface area (Å²) in [6.07, 6.45) is 3.67. The van der Waals surface area contributed by atoms with Gasteiger partial charge in [-0.05, 0) is 42.2 Å². The second-order valence-corrected chi connectivity index (χ2v) is 6.92.